The summed E-state index contributed by atoms with van der Waals surface area (Å²) in [7, 11) is 0. The van der Waals surface area contributed by atoms with Crippen molar-refractivity contribution in [2.24, 2.45) is 0 Å². The first-order valence-corrected chi connectivity index (χ1v) is 15.1. The topological polar surface area (TPSA) is 75.0 Å². The molecular formula is C34H33F4N3O4. The Bertz CT molecular complexity index is 1640. The number of likely N-dealkylation sites (tertiary alicyclic amines) is 2. The Morgan fingerprint density at radius 2 is 1.56 bits per heavy atom. The second kappa shape index (κ2) is 12.9. The maximum absolute atomic E-state index is 13.2. The van der Waals surface area contributed by atoms with E-state index in [-0.39, 0.29) is 35.5 Å². The number of amides is 2. The highest BCUT2D eigenvalue weighted by molar-refractivity contribution is 6.00. The average Bonchev–Trinajstić information content (AvgIpc) is 3.47. The van der Waals surface area contributed by atoms with Crippen LogP contribution in [-0.4, -0.2) is 59.9 Å². The van der Waals surface area contributed by atoms with Crippen molar-refractivity contribution >= 4 is 22.8 Å². The van der Waals surface area contributed by atoms with Gasteiger partial charge in [-0.05, 0) is 79.1 Å². The summed E-state index contributed by atoms with van der Waals surface area (Å²) in [6.45, 7) is 3.26. The molecule has 1 aromatic heterocycles. The van der Waals surface area contributed by atoms with Gasteiger partial charge in [0.25, 0.3) is 11.8 Å². The lowest BCUT2D eigenvalue weighted by molar-refractivity contribution is -0.137. The van der Waals surface area contributed by atoms with E-state index in [1.165, 1.54) is 24.3 Å². The monoisotopic (exact) mass is 623 g/mol. The number of hydrogen-bond donors (Lipinski definition) is 1. The minimum Gasteiger partial charge on any atom is -0.490 e. The van der Waals surface area contributed by atoms with Gasteiger partial charge >= 0.3 is 6.18 Å². The number of hydrogen-bond acceptors (Lipinski definition) is 5. The molecule has 0 unspecified atom stereocenters. The Kier molecular flexibility index (Phi) is 8.80. The molecule has 1 N–H and O–H groups in total. The molecule has 0 aliphatic carbocycles. The molecule has 4 aromatic rings. The predicted molar refractivity (Wildman–Crippen MR) is 159 cm³/mol. The summed E-state index contributed by atoms with van der Waals surface area (Å²) in [5, 5.41) is 3.72. The van der Waals surface area contributed by atoms with E-state index in [4.69, 9.17) is 9.15 Å². The molecule has 2 amide bonds. The summed E-state index contributed by atoms with van der Waals surface area (Å²) >= 11 is 0. The van der Waals surface area contributed by atoms with Crippen LogP contribution in [0.5, 0.6) is 5.75 Å². The van der Waals surface area contributed by atoms with Crippen LogP contribution in [-0.2, 0) is 12.7 Å². The molecule has 11 heteroatoms. The van der Waals surface area contributed by atoms with Crippen LogP contribution in [0.3, 0.4) is 0 Å². The maximum atomic E-state index is 13.2. The van der Waals surface area contributed by atoms with Crippen LogP contribution in [0, 0.1) is 5.82 Å². The van der Waals surface area contributed by atoms with Crippen LogP contribution >= 0.6 is 0 Å². The van der Waals surface area contributed by atoms with Crippen LogP contribution in [0.25, 0.3) is 11.0 Å². The van der Waals surface area contributed by atoms with Crippen LogP contribution in [0.1, 0.15) is 57.7 Å². The number of fused-ring (bicyclic) bond motifs is 1. The van der Waals surface area contributed by atoms with Gasteiger partial charge in [0.2, 0.25) is 0 Å². The number of alkyl halides is 3. The summed E-state index contributed by atoms with van der Waals surface area (Å²) in [4.78, 5) is 30.2. The van der Waals surface area contributed by atoms with Crippen molar-refractivity contribution in [1.82, 2.24) is 15.1 Å². The molecule has 0 spiro atoms. The van der Waals surface area contributed by atoms with Gasteiger partial charge < -0.3 is 19.4 Å². The van der Waals surface area contributed by atoms with E-state index < -0.39 is 11.7 Å². The molecule has 2 saturated heterocycles. The molecule has 2 fully saturated rings. The molecule has 7 nitrogen and oxygen atoms in total. The van der Waals surface area contributed by atoms with Gasteiger partial charge in [0.15, 0.2) is 5.76 Å². The minimum atomic E-state index is -4.40. The highest BCUT2D eigenvalue weighted by Gasteiger charge is 2.31. The summed E-state index contributed by atoms with van der Waals surface area (Å²) in [5.74, 6) is -0.149. The number of rotatable bonds is 7. The van der Waals surface area contributed by atoms with Gasteiger partial charge in [0.05, 0.1) is 5.56 Å². The van der Waals surface area contributed by atoms with Crippen molar-refractivity contribution < 1.29 is 36.3 Å². The number of nitrogens with one attached hydrogen (secondary N) is 1. The first-order chi connectivity index (χ1) is 21.6. The Balaban J connectivity index is 0.989. The van der Waals surface area contributed by atoms with Gasteiger partial charge in [0.1, 0.15) is 23.3 Å². The lowest BCUT2D eigenvalue weighted by atomic mass is 10.0. The summed E-state index contributed by atoms with van der Waals surface area (Å²) in [6, 6.07) is 17.9. The third kappa shape index (κ3) is 7.47. The highest BCUT2D eigenvalue weighted by atomic mass is 19.4. The Morgan fingerprint density at radius 1 is 0.867 bits per heavy atom. The zero-order chi connectivity index (χ0) is 31.6. The Morgan fingerprint density at radius 3 is 2.22 bits per heavy atom. The molecule has 0 saturated carbocycles. The fourth-order valence-corrected chi connectivity index (χ4v) is 5.90. The van der Waals surface area contributed by atoms with Crippen molar-refractivity contribution in [1.29, 1.82) is 0 Å². The second-order valence-electron chi connectivity index (χ2n) is 11.6. The lowest BCUT2D eigenvalue weighted by Gasteiger charge is -2.32. The first kappa shape index (κ1) is 30.6. The van der Waals surface area contributed by atoms with Gasteiger partial charge in [0, 0.05) is 62.6 Å². The van der Waals surface area contributed by atoms with Crippen molar-refractivity contribution in [3.05, 3.63) is 101 Å². The number of piperidine rings is 2. The van der Waals surface area contributed by atoms with E-state index in [0.717, 1.165) is 50.2 Å². The minimum absolute atomic E-state index is 0.0125. The number of nitrogens with zero attached hydrogens (tertiary/aromatic N) is 2. The number of carbonyl (C=O) groups excluding carboxylic acids is 2. The molecule has 3 heterocycles. The summed E-state index contributed by atoms with van der Waals surface area (Å²) in [5.41, 5.74) is 1.31. The quantitative estimate of drug-likeness (QED) is 0.233. The standard InChI is InChI=1S/C34H33F4N3O4/c35-26-6-1-22(2-7-26)21-40-15-11-27(12-16-40)39-32(42)31-20-24-19-23(3-10-30(24)45-31)33(43)41-17-13-29(14-18-41)44-28-8-4-25(5-9-28)34(36,37)38/h1-10,19-20,27,29H,11-18,21H2,(H,39,42). The normalized spacial score (nSPS) is 17.0. The molecule has 3 aromatic carbocycles. The van der Waals surface area contributed by atoms with E-state index in [0.29, 0.717) is 48.2 Å². The van der Waals surface area contributed by atoms with E-state index in [1.807, 2.05) is 0 Å². The molecule has 0 bridgehead atoms. The number of furan rings is 1. The van der Waals surface area contributed by atoms with Gasteiger partial charge in [-0.15, -0.1) is 0 Å². The fraction of sp³-hybridized carbons (Fsp3) is 0.353. The number of ether oxygens (including phenoxy) is 1. The number of halogens is 4. The zero-order valence-corrected chi connectivity index (χ0v) is 24.5. The molecule has 2 aliphatic rings. The molecule has 236 valence electrons. The van der Waals surface area contributed by atoms with Crippen LogP contribution in [0.15, 0.2) is 77.2 Å². The summed E-state index contributed by atoms with van der Waals surface area (Å²) < 4.78 is 63.3. The smallest absolute Gasteiger partial charge is 0.416 e. The molecule has 0 atom stereocenters. The summed E-state index contributed by atoms with van der Waals surface area (Å²) in [6.07, 6.45) is -1.92. The predicted octanol–water partition coefficient (Wildman–Crippen LogP) is 6.67. The van der Waals surface area contributed by atoms with E-state index in [2.05, 4.69) is 10.2 Å². The van der Waals surface area contributed by atoms with Crippen molar-refractivity contribution in [3.8, 4) is 5.75 Å². The Hall–Kier alpha value is -4.38. The van der Waals surface area contributed by atoms with E-state index in [9.17, 15) is 27.2 Å². The zero-order valence-electron chi connectivity index (χ0n) is 24.5. The van der Waals surface area contributed by atoms with Crippen LogP contribution in [0.2, 0.25) is 0 Å². The highest BCUT2D eigenvalue weighted by Crippen LogP contribution is 2.31. The molecular weight excluding hydrogens is 590 g/mol. The van der Waals surface area contributed by atoms with Gasteiger partial charge in [-0.3, -0.25) is 14.5 Å². The largest absolute Gasteiger partial charge is 0.490 e. The number of carbonyl (C=O) groups is 2. The lowest BCUT2D eigenvalue weighted by Crippen LogP contribution is -2.44. The van der Waals surface area contributed by atoms with Crippen molar-refractivity contribution in [2.75, 3.05) is 26.2 Å². The van der Waals surface area contributed by atoms with Crippen molar-refractivity contribution in [2.45, 2.75) is 50.6 Å². The molecule has 2 aliphatic heterocycles. The van der Waals surface area contributed by atoms with Crippen LogP contribution < -0.4 is 10.1 Å². The number of benzene rings is 3. The average molecular weight is 624 g/mol. The fourth-order valence-electron chi connectivity index (χ4n) is 5.90. The van der Waals surface area contributed by atoms with E-state index in [1.54, 1.807) is 41.3 Å². The Labute approximate surface area is 257 Å². The van der Waals surface area contributed by atoms with E-state index >= 15 is 0 Å². The van der Waals surface area contributed by atoms with Gasteiger partial charge in [-0.2, -0.15) is 13.2 Å². The molecule has 6 rings (SSSR count). The van der Waals surface area contributed by atoms with Gasteiger partial charge in [-0.1, -0.05) is 12.1 Å². The molecule has 45 heavy (non-hydrogen) atoms. The maximum Gasteiger partial charge on any atom is 0.416 e. The second-order valence-corrected chi connectivity index (χ2v) is 11.6. The SMILES string of the molecule is O=C(NC1CCN(Cc2ccc(F)cc2)CC1)c1cc2cc(C(=O)N3CCC(Oc4ccc(C(F)(F)F)cc4)CC3)ccc2o1. The first-order valence-electron chi connectivity index (χ1n) is 15.1. The molecule has 0 radical (unpaired) electrons. The van der Waals surface area contributed by atoms with Crippen LogP contribution in [0.4, 0.5) is 17.6 Å². The third-order valence-corrected chi connectivity index (χ3v) is 8.44. The van der Waals surface area contributed by atoms with Crippen molar-refractivity contribution in [3.63, 3.8) is 0 Å². The van der Waals surface area contributed by atoms with Gasteiger partial charge in [-0.25, -0.2) is 4.39 Å². The third-order valence-electron chi connectivity index (χ3n) is 8.44.